The number of hydrogen-bond acceptors (Lipinski definition) is 6. The van der Waals surface area contributed by atoms with Crippen LogP contribution in [0.3, 0.4) is 0 Å². The molecule has 1 aliphatic rings. The van der Waals surface area contributed by atoms with Gasteiger partial charge >= 0.3 is 0 Å². The molecule has 0 amide bonds. The van der Waals surface area contributed by atoms with Gasteiger partial charge in [-0.25, -0.2) is 9.97 Å². The Kier molecular flexibility index (Phi) is 6.65. The third-order valence-electron chi connectivity index (χ3n) is 6.61. The topological polar surface area (TPSA) is 61.6 Å². The Bertz CT molecular complexity index is 1410. The zero-order chi connectivity index (χ0) is 25.2. The van der Waals surface area contributed by atoms with Gasteiger partial charge in [-0.05, 0) is 49.7 Å². The van der Waals surface area contributed by atoms with Crippen molar-refractivity contribution in [3.05, 3.63) is 89.4 Å². The first-order valence-electron chi connectivity index (χ1n) is 12.1. The zero-order valence-electron chi connectivity index (χ0n) is 21.3. The van der Waals surface area contributed by atoms with Crippen molar-refractivity contribution < 1.29 is 14.2 Å². The summed E-state index contributed by atoms with van der Waals surface area (Å²) in [5.74, 6) is 3.18. The molecule has 1 fully saturated rings. The van der Waals surface area contributed by atoms with Crippen molar-refractivity contribution in [2.45, 2.75) is 33.1 Å². The quantitative estimate of drug-likeness (QED) is 0.310. The third-order valence-corrected chi connectivity index (χ3v) is 6.61. The Labute approximate surface area is 212 Å². The molecule has 0 saturated carbocycles. The van der Waals surface area contributed by atoms with E-state index in [1.807, 2.05) is 43.4 Å². The second kappa shape index (κ2) is 10.0. The predicted octanol–water partition coefficient (Wildman–Crippen LogP) is 5.04. The fourth-order valence-electron chi connectivity index (χ4n) is 4.49. The van der Waals surface area contributed by atoms with E-state index in [0.29, 0.717) is 18.2 Å². The van der Waals surface area contributed by atoms with Gasteiger partial charge < -0.3 is 18.8 Å². The number of likely N-dealkylation sites (tertiary alicyclic amines) is 1. The summed E-state index contributed by atoms with van der Waals surface area (Å²) < 4.78 is 19.5. The molecule has 186 valence electrons. The van der Waals surface area contributed by atoms with Crippen LogP contribution in [0.25, 0.3) is 16.8 Å². The summed E-state index contributed by atoms with van der Waals surface area (Å²) >= 11 is 0. The highest BCUT2D eigenvalue weighted by Gasteiger charge is 2.30. The minimum Gasteiger partial charge on any atom is -0.497 e. The zero-order valence-corrected chi connectivity index (χ0v) is 21.3. The van der Waals surface area contributed by atoms with Crippen LogP contribution in [0, 0.1) is 13.8 Å². The van der Waals surface area contributed by atoms with Gasteiger partial charge in [0.1, 0.15) is 30.0 Å². The first kappa shape index (κ1) is 23.9. The van der Waals surface area contributed by atoms with Gasteiger partial charge in [-0.1, -0.05) is 30.3 Å². The Morgan fingerprint density at radius 2 is 1.89 bits per heavy atom. The van der Waals surface area contributed by atoms with E-state index in [4.69, 9.17) is 19.2 Å². The molecule has 0 aliphatic carbocycles. The van der Waals surface area contributed by atoms with Crippen LogP contribution in [-0.2, 0) is 24.9 Å². The van der Waals surface area contributed by atoms with E-state index in [9.17, 15) is 0 Å². The Hall–Kier alpha value is -3.84. The minimum atomic E-state index is 0.110. The molecule has 2 aromatic heterocycles. The second-order valence-electron chi connectivity index (χ2n) is 9.38. The SMILES string of the molecule is C=C(OC)c1ccc2nc(CN3CC(Oc4cccc(COc5ccc(C)cc5C)n4)C3)n(C)c2c1. The number of ether oxygens (including phenoxy) is 3. The number of aryl methyl sites for hydroxylation is 3. The lowest BCUT2D eigenvalue weighted by molar-refractivity contribution is 0.00971. The fourth-order valence-corrected chi connectivity index (χ4v) is 4.49. The number of fused-ring (bicyclic) bond motifs is 1. The van der Waals surface area contributed by atoms with Crippen LogP contribution in [0.2, 0.25) is 0 Å². The van der Waals surface area contributed by atoms with Gasteiger partial charge in [0.25, 0.3) is 0 Å². The lowest BCUT2D eigenvalue weighted by Crippen LogP contribution is -2.53. The average Bonchev–Trinajstić information content (AvgIpc) is 3.16. The molecule has 0 N–H and O–H groups in total. The van der Waals surface area contributed by atoms with Crippen LogP contribution in [0.15, 0.2) is 61.2 Å². The van der Waals surface area contributed by atoms with Crippen molar-refractivity contribution in [1.29, 1.82) is 0 Å². The maximum atomic E-state index is 6.13. The maximum Gasteiger partial charge on any atom is 0.213 e. The molecule has 1 aliphatic heterocycles. The first-order valence-corrected chi connectivity index (χ1v) is 12.1. The smallest absolute Gasteiger partial charge is 0.213 e. The molecule has 2 aromatic carbocycles. The summed E-state index contributed by atoms with van der Waals surface area (Å²) in [6, 6.07) is 18.1. The van der Waals surface area contributed by atoms with Gasteiger partial charge in [0.15, 0.2) is 0 Å². The number of methoxy groups -OCH3 is 1. The van der Waals surface area contributed by atoms with Gasteiger partial charge in [-0.2, -0.15) is 0 Å². The largest absolute Gasteiger partial charge is 0.497 e. The molecule has 0 bridgehead atoms. The number of rotatable bonds is 9. The van der Waals surface area contributed by atoms with Crippen molar-refractivity contribution in [3.8, 4) is 11.6 Å². The average molecular weight is 485 g/mol. The van der Waals surface area contributed by atoms with Crippen molar-refractivity contribution in [2.75, 3.05) is 20.2 Å². The molecule has 3 heterocycles. The molecule has 4 aromatic rings. The minimum absolute atomic E-state index is 0.110. The van der Waals surface area contributed by atoms with Crippen LogP contribution < -0.4 is 9.47 Å². The van der Waals surface area contributed by atoms with Crippen molar-refractivity contribution in [1.82, 2.24) is 19.4 Å². The van der Waals surface area contributed by atoms with E-state index in [-0.39, 0.29) is 6.10 Å². The Balaban J connectivity index is 1.15. The normalized spacial score (nSPS) is 14.0. The van der Waals surface area contributed by atoms with Crippen LogP contribution >= 0.6 is 0 Å². The molecular formula is C29H32N4O3. The van der Waals surface area contributed by atoms with Crippen molar-refractivity contribution in [2.24, 2.45) is 7.05 Å². The van der Waals surface area contributed by atoms with Crippen molar-refractivity contribution >= 4 is 16.8 Å². The van der Waals surface area contributed by atoms with Gasteiger partial charge in [0.05, 0.1) is 30.4 Å². The van der Waals surface area contributed by atoms with Crippen LogP contribution in [-0.4, -0.2) is 45.7 Å². The van der Waals surface area contributed by atoms with Crippen LogP contribution in [0.5, 0.6) is 11.6 Å². The molecule has 36 heavy (non-hydrogen) atoms. The van der Waals surface area contributed by atoms with E-state index in [0.717, 1.165) is 59.1 Å². The van der Waals surface area contributed by atoms with E-state index in [1.54, 1.807) is 7.11 Å². The predicted molar refractivity (Wildman–Crippen MR) is 141 cm³/mol. The summed E-state index contributed by atoms with van der Waals surface area (Å²) in [5.41, 5.74) is 6.20. The van der Waals surface area contributed by atoms with E-state index in [2.05, 4.69) is 53.1 Å². The fraction of sp³-hybridized carbons (Fsp3) is 0.310. The summed E-state index contributed by atoms with van der Waals surface area (Å²) in [6.45, 7) is 10.9. The summed E-state index contributed by atoms with van der Waals surface area (Å²) in [4.78, 5) is 11.8. The van der Waals surface area contributed by atoms with Crippen LogP contribution in [0.4, 0.5) is 0 Å². The summed E-state index contributed by atoms with van der Waals surface area (Å²) in [6.07, 6.45) is 0.110. The lowest BCUT2D eigenvalue weighted by Gasteiger charge is -2.38. The standard InChI is InChI=1S/C29H32N4O3/c1-19-9-12-27(20(2)13-19)35-18-23-7-6-8-29(30-23)36-24-15-33(16-24)17-28-31-25-11-10-22(21(3)34-5)14-26(25)32(28)4/h6-14,24H,3,15-18H2,1-2,4-5H3. The molecule has 0 spiro atoms. The van der Waals surface area contributed by atoms with Gasteiger partial charge in [0.2, 0.25) is 5.88 Å². The number of nitrogens with zero attached hydrogens (tertiary/aromatic N) is 4. The number of pyridine rings is 1. The molecule has 5 rings (SSSR count). The molecular weight excluding hydrogens is 452 g/mol. The van der Waals surface area contributed by atoms with Crippen molar-refractivity contribution in [3.63, 3.8) is 0 Å². The number of benzene rings is 2. The summed E-state index contributed by atoms with van der Waals surface area (Å²) in [5, 5.41) is 0. The van der Waals surface area contributed by atoms with E-state index in [1.165, 1.54) is 5.56 Å². The first-order chi connectivity index (χ1) is 17.4. The van der Waals surface area contributed by atoms with Crippen LogP contribution in [0.1, 0.15) is 28.2 Å². The lowest BCUT2D eigenvalue weighted by atomic mass is 10.1. The molecule has 7 heteroatoms. The van der Waals surface area contributed by atoms with E-state index < -0.39 is 0 Å². The molecule has 7 nitrogen and oxygen atoms in total. The molecule has 0 unspecified atom stereocenters. The monoisotopic (exact) mass is 484 g/mol. The molecule has 0 radical (unpaired) electrons. The number of aromatic nitrogens is 3. The molecule has 1 saturated heterocycles. The maximum absolute atomic E-state index is 6.13. The van der Waals surface area contributed by atoms with Gasteiger partial charge in [0, 0.05) is 31.8 Å². The Morgan fingerprint density at radius 1 is 1.06 bits per heavy atom. The Morgan fingerprint density at radius 3 is 2.67 bits per heavy atom. The third kappa shape index (κ3) is 5.06. The highest BCUT2D eigenvalue weighted by Crippen LogP contribution is 2.24. The van der Waals surface area contributed by atoms with E-state index >= 15 is 0 Å². The highest BCUT2D eigenvalue weighted by atomic mass is 16.5. The van der Waals surface area contributed by atoms with Gasteiger partial charge in [-0.15, -0.1) is 0 Å². The highest BCUT2D eigenvalue weighted by molar-refractivity contribution is 5.80. The van der Waals surface area contributed by atoms with Gasteiger partial charge in [-0.3, -0.25) is 4.90 Å². The number of hydrogen-bond donors (Lipinski definition) is 0. The molecule has 0 atom stereocenters. The number of imidazole rings is 1. The second-order valence-corrected chi connectivity index (χ2v) is 9.38. The summed E-state index contributed by atoms with van der Waals surface area (Å²) in [7, 11) is 3.68.